The van der Waals surface area contributed by atoms with Crippen LogP contribution in [0.3, 0.4) is 0 Å². The molecule has 0 saturated carbocycles. The van der Waals surface area contributed by atoms with Gasteiger partial charge in [0.2, 0.25) is 0 Å². The van der Waals surface area contributed by atoms with Crippen molar-refractivity contribution in [1.29, 1.82) is 0 Å². The zero-order valence-corrected chi connectivity index (χ0v) is 11.2. The largest absolute Gasteiger partial charge is 0.379 e. The molecule has 4 nitrogen and oxygen atoms in total. The molecule has 0 aliphatic carbocycles. The lowest BCUT2D eigenvalue weighted by Gasteiger charge is -2.25. The highest BCUT2D eigenvalue weighted by atomic mass is 32.2. The molecule has 1 aliphatic heterocycles. The number of nitrogens with zero attached hydrogens (tertiary/aromatic N) is 2. The zero-order valence-electron chi connectivity index (χ0n) is 10.3. The van der Waals surface area contributed by atoms with E-state index in [2.05, 4.69) is 10.3 Å². The Morgan fingerprint density at radius 3 is 2.76 bits per heavy atom. The Labute approximate surface area is 105 Å². The van der Waals surface area contributed by atoms with Crippen LogP contribution in [0.15, 0.2) is 18.3 Å². The van der Waals surface area contributed by atoms with Gasteiger partial charge in [0.25, 0.3) is 0 Å². The van der Waals surface area contributed by atoms with Crippen LogP contribution < -0.4 is 10.2 Å². The average molecular weight is 253 g/mol. The summed E-state index contributed by atoms with van der Waals surface area (Å²) in [5, 5.41) is 3.51. The first-order valence-corrected chi connectivity index (χ1v) is 7.39. The van der Waals surface area contributed by atoms with Gasteiger partial charge in [-0.1, -0.05) is 0 Å². The molecule has 1 aliphatic rings. The maximum Gasteiger partial charge on any atom is 0.151 e. The van der Waals surface area contributed by atoms with Gasteiger partial charge < -0.3 is 10.2 Å². The molecule has 17 heavy (non-hydrogen) atoms. The molecule has 94 valence electrons. The number of hydrogen-bond donors (Lipinski definition) is 1. The number of pyridine rings is 1. The SMILES string of the molecule is CN(C)c1ncccc1NC1CCS(=O)CC1. The number of aromatic nitrogens is 1. The molecule has 5 heteroatoms. The molecule has 1 aromatic heterocycles. The van der Waals surface area contributed by atoms with Crippen LogP contribution in [0.1, 0.15) is 12.8 Å². The highest BCUT2D eigenvalue weighted by Crippen LogP contribution is 2.23. The number of hydrogen-bond acceptors (Lipinski definition) is 4. The Morgan fingerprint density at radius 2 is 2.12 bits per heavy atom. The van der Waals surface area contributed by atoms with E-state index in [0.717, 1.165) is 35.9 Å². The van der Waals surface area contributed by atoms with Crippen molar-refractivity contribution in [2.75, 3.05) is 35.8 Å². The fourth-order valence-corrected chi connectivity index (χ4v) is 3.32. The first-order valence-electron chi connectivity index (χ1n) is 5.90. The molecule has 0 bridgehead atoms. The molecule has 2 heterocycles. The highest BCUT2D eigenvalue weighted by Gasteiger charge is 2.18. The molecule has 0 spiro atoms. The van der Waals surface area contributed by atoms with Crippen LogP contribution in [-0.4, -0.2) is 40.8 Å². The van der Waals surface area contributed by atoms with Crippen LogP contribution in [0.2, 0.25) is 0 Å². The summed E-state index contributed by atoms with van der Waals surface area (Å²) in [6.45, 7) is 0. The van der Waals surface area contributed by atoms with E-state index in [1.54, 1.807) is 6.20 Å². The predicted octanol–water partition coefficient (Wildman–Crippen LogP) is 1.47. The van der Waals surface area contributed by atoms with Gasteiger partial charge >= 0.3 is 0 Å². The Bertz CT molecular complexity index is 398. The molecular formula is C12H19N3OS. The molecule has 0 amide bonds. The second-order valence-corrected chi connectivity index (χ2v) is 6.23. The van der Waals surface area contributed by atoms with Gasteiger partial charge in [-0.2, -0.15) is 0 Å². The van der Waals surface area contributed by atoms with Gasteiger partial charge in [0, 0.05) is 48.6 Å². The standard InChI is InChI=1S/C12H19N3OS/c1-15(2)12-11(4-3-7-13-12)14-10-5-8-17(16)9-6-10/h3-4,7,10,14H,5-6,8-9H2,1-2H3. The van der Waals surface area contributed by atoms with Gasteiger partial charge in [-0.3, -0.25) is 4.21 Å². The van der Waals surface area contributed by atoms with Crippen molar-refractivity contribution in [3.8, 4) is 0 Å². The van der Waals surface area contributed by atoms with Gasteiger partial charge in [-0.05, 0) is 25.0 Å². The van der Waals surface area contributed by atoms with Crippen molar-refractivity contribution < 1.29 is 4.21 Å². The first-order chi connectivity index (χ1) is 8.16. The summed E-state index contributed by atoms with van der Waals surface area (Å²) in [7, 11) is 3.38. The normalized spacial score (nSPS) is 24.4. The van der Waals surface area contributed by atoms with Gasteiger partial charge in [-0.25, -0.2) is 4.98 Å². The third kappa shape index (κ3) is 3.19. The van der Waals surface area contributed by atoms with E-state index in [9.17, 15) is 4.21 Å². The summed E-state index contributed by atoms with van der Waals surface area (Å²) < 4.78 is 11.3. The summed E-state index contributed by atoms with van der Waals surface area (Å²) in [5.41, 5.74) is 1.06. The summed E-state index contributed by atoms with van der Waals surface area (Å²) >= 11 is 0. The molecule has 0 radical (unpaired) electrons. The fraction of sp³-hybridized carbons (Fsp3) is 0.583. The quantitative estimate of drug-likeness (QED) is 0.886. The Kier molecular flexibility index (Phi) is 3.99. The second kappa shape index (κ2) is 5.49. The van der Waals surface area contributed by atoms with E-state index in [4.69, 9.17) is 0 Å². The number of rotatable bonds is 3. The van der Waals surface area contributed by atoms with Crippen molar-refractivity contribution in [3.05, 3.63) is 18.3 Å². The third-order valence-electron chi connectivity index (χ3n) is 2.96. The van der Waals surface area contributed by atoms with E-state index in [1.807, 2.05) is 31.1 Å². The van der Waals surface area contributed by atoms with Gasteiger partial charge in [-0.15, -0.1) is 0 Å². The molecule has 1 aromatic rings. The predicted molar refractivity (Wildman–Crippen MR) is 73.1 cm³/mol. The minimum atomic E-state index is -0.599. The first kappa shape index (κ1) is 12.4. The van der Waals surface area contributed by atoms with Crippen molar-refractivity contribution in [2.45, 2.75) is 18.9 Å². The minimum Gasteiger partial charge on any atom is -0.379 e. The van der Waals surface area contributed by atoms with Crippen LogP contribution in [0, 0.1) is 0 Å². The summed E-state index contributed by atoms with van der Waals surface area (Å²) in [6, 6.07) is 4.42. The molecule has 1 fully saturated rings. The average Bonchev–Trinajstić information content (AvgIpc) is 2.32. The van der Waals surface area contributed by atoms with Crippen LogP contribution in [-0.2, 0) is 10.8 Å². The molecular weight excluding hydrogens is 234 g/mol. The van der Waals surface area contributed by atoms with Gasteiger partial charge in [0.15, 0.2) is 5.82 Å². The van der Waals surface area contributed by atoms with Crippen molar-refractivity contribution >= 4 is 22.3 Å². The van der Waals surface area contributed by atoms with Crippen LogP contribution in [0.25, 0.3) is 0 Å². The minimum absolute atomic E-state index is 0.426. The molecule has 0 unspecified atom stereocenters. The van der Waals surface area contributed by atoms with Crippen LogP contribution in [0.4, 0.5) is 11.5 Å². The van der Waals surface area contributed by atoms with Gasteiger partial charge in [0.1, 0.15) is 0 Å². The third-order valence-corrected chi connectivity index (χ3v) is 4.34. The molecule has 2 rings (SSSR count). The Morgan fingerprint density at radius 1 is 1.41 bits per heavy atom. The van der Waals surface area contributed by atoms with E-state index < -0.39 is 10.8 Å². The van der Waals surface area contributed by atoms with Crippen LogP contribution >= 0.6 is 0 Å². The highest BCUT2D eigenvalue weighted by molar-refractivity contribution is 7.85. The van der Waals surface area contributed by atoms with Crippen molar-refractivity contribution in [3.63, 3.8) is 0 Å². The molecule has 0 atom stereocenters. The lowest BCUT2D eigenvalue weighted by Crippen LogP contribution is -2.30. The van der Waals surface area contributed by atoms with E-state index in [0.29, 0.717) is 6.04 Å². The van der Waals surface area contributed by atoms with Crippen LogP contribution in [0.5, 0.6) is 0 Å². The summed E-state index contributed by atoms with van der Waals surface area (Å²) in [6.07, 6.45) is 3.76. The zero-order chi connectivity index (χ0) is 12.3. The second-order valence-electron chi connectivity index (χ2n) is 4.54. The Hall–Kier alpha value is -1.10. The molecule has 1 N–H and O–H groups in total. The number of nitrogens with one attached hydrogen (secondary N) is 1. The van der Waals surface area contributed by atoms with E-state index >= 15 is 0 Å². The summed E-state index contributed by atoms with van der Waals surface area (Å²) in [4.78, 5) is 6.37. The lowest BCUT2D eigenvalue weighted by atomic mass is 10.1. The van der Waals surface area contributed by atoms with Gasteiger partial charge in [0.05, 0.1) is 5.69 Å². The lowest BCUT2D eigenvalue weighted by molar-refractivity contribution is 0.624. The fourth-order valence-electron chi connectivity index (χ4n) is 2.02. The monoisotopic (exact) mass is 253 g/mol. The van der Waals surface area contributed by atoms with Crippen molar-refractivity contribution in [2.24, 2.45) is 0 Å². The van der Waals surface area contributed by atoms with Crippen molar-refractivity contribution in [1.82, 2.24) is 4.98 Å². The maximum absolute atomic E-state index is 11.3. The molecule has 0 aromatic carbocycles. The topological polar surface area (TPSA) is 45.2 Å². The Balaban J connectivity index is 2.05. The molecule has 1 saturated heterocycles. The number of anilines is 2. The van der Waals surface area contributed by atoms with E-state index in [1.165, 1.54) is 0 Å². The van der Waals surface area contributed by atoms with E-state index in [-0.39, 0.29) is 0 Å². The maximum atomic E-state index is 11.3. The smallest absolute Gasteiger partial charge is 0.151 e. The summed E-state index contributed by atoms with van der Waals surface area (Å²) in [5.74, 6) is 2.59.